The maximum absolute atomic E-state index is 4.06. The number of H-pyrrole nitrogens is 2. The summed E-state index contributed by atoms with van der Waals surface area (Å²) in [6, 6.07) is 11.8. The summed E-state index contributed by atoms with van der Waals surface area (Å²) in [6.45, 7) is 0. The molecule has 0 saturated heterocycles. The molecule has 0 spiro atoms. The van der Waals surface area contributed by atoms with Crippen LogP contribution in [0.25, 0.3) is 22.2 Å². The van der Waals surface area contributed by atoms with Gasteiger partial charge in [-0.3, -0.25) is 0 Å². The van der Waals surface area contributed by atoms with Crippen LogP contribution in [0, 0.1) is 0 Å². The molecule has 3 heterocycles. The molecule has 0 atom stereocenters. The summed E-state index contributed by atoms with van der Waals surface area (Å²) in [7, 11) is 0. The minimum absolute atomic E-state index is 0.775. The number of pyridine rings is 1. The summed E-state index contributed by atoms with van der Waals surface area (Å²) in [5, 5.41) is 0. The van der Waals surface area contributed by atoms with Gasteiger partial charge < -0.3 is 9.97 Å². The largest absolute Gasteiger partial charge is 0.345 e. The summed E-state index contributed by atoms with van der Waals surface area (Å²) >= 11 is 0. The van der Waals surface area contributed by atoms with E-state index in [4.69, 9.17) is 0 Å². The summed E-state index contributed by atoms with van der Waals surface area (Å²) in [5.41, 5.74) is 3.88. The highest BCUT2D eigenvalue weighted by atomic mass is 14.9. The first-order chi connectivity index (χ1) is 8.93. The number of aromatic nitrogens is 5. The van der Waals surface area contributed by atoms with E-state index in [2.05, 4.69) is 24.9 Å². The molecule has 5 nitrogen and oxygen atoms in total. The van der Waals surface area contributed by atoms with Gasteiger partial charge in [0.15, 0.2) is 5.65 Å². The van der Waals surface area contributed by atoms with Crippen molar-refractivity contribution in [1.29, 1.82) is 0 Å². The lowest BCUT2D eigenvalue weighted by Crippen LogP contribution is -1.71. The number of rotatable bonds is 0. The fourth-order valence-electron chi connectivity index (χ4n) is 1.66. The van der Waals surface area contributed by atoms with E-state index in [0.717, 1.165) is 22.2 Å². The summed E-state index contributed by atoms with van der Waals surface area (Å²) < 4.78 is 0. The molecule has 88 valence electrons. The number of benzene rings is 1. The highest BCUT2D eigenvalue weighted by molar-refractivity contribution is 5.73. The average Bonchev–Trinajstić information content (AvgIpc) is 3.08. The lowest BCUT2D eigenvalue weighted by molar-refractivity contribution is 1.30. The van der Waals surface area contributed by atoms with Gasteiger partial charge in [0.1, 0.15) is 0 Å². The van der Waals surface area contributed by atoms with Crippen molar-refractivity contribution in [2.45, 2.75) is 0 Å². The van der Waals surface area contributed by atoms with Crippen LogP contribution >= 0.6 is 0 Å². The third kappa shape index (κ3) is 2.06. The zero-order valence-electron chi connectivity index (χ0n) is 9.54. The number of fused-ring (bicyclic) bond motifs is 2. The van der Waals surface area contributed by atoms with Crippen LogP contribution in [0.5, 0.6) is 0 Å². The molecule has 0 aliphatic carbocycles. The van der Waals surface area contributed by atoms with Crippen LogP contribution in [-0.4, -0.2) is 24.9 Å². The summed E-state index contributed by atoms with van der Waals surface area (Å²) in [4.78, 5) is 18.0. The van der Waals surface area contributed by atoms with Gasteiger partial charge in [0.05, 0.1) is 29.2 Å². The number of imidazole rings is 2. The second-order valence-corrected chi connectivity index (χ2v) is 3.70. The third-order valence-electron chi connectivity index (χ3n) is 2.52. The van der Waals surface area contributed by atoms with Crippen LogP contribution in [0.2, 0.25) is 0 Å². The van der Waals surface area contributed by atoms with Crippen LogP contribution in [0.1, 0.15) is 0 Å². The smallest absolute Gasteiger partial charge is 0.177 e. The molecule has 0 amide bonds. The van der Waals surface area contributed by atoms with Gasteiger partial charge in [-0.05, 0) is 24.3 Å². The van der Waals surface area contributed by atoms with Gasteiger partial charge in [0, 0.05) is 6.20 Å². The Hall–Kier alpha value is -2.69. The van der Waals surface area contributed by atoms with Gasteiger partial charge in [-0.15, -0.1) is 0 Å². The molecule has 0 fully saturated rings. The molecule has 1 aromatic carbocycles. The molecular formula is C13H11N5. The molecule has 0 aliphatic heterocycles. The quantitative estimate of drug-likeness (QED) is 0.493. The second-order valence-electron chi connectivity index (χ2n) is 3.70. The highest BCUT2D eigenvalue weighted by Gasteiger charge is 1.90. The second kappa shape index (κ2) is 4.67. The van der Waals surface area contributed by atoms with Crippen molar-refractivity contribution in [2.75, 3.05) is 0 Å². The van der Waals surface area contributed by atoms with Crippen LogP contribution in [0.3, 0.4) is 0 Å². The molecule has 18 heavy (non-hydrogen) atoms. The minimum Gasteiger partial charge on any atom is -0.345 e. The Morgan fingerprint density at radius 2 is 1.50 bits per heavy atom. The van der Waals surface area contributed by atoms with Crippen molar-refractivity contribution in [3.8, 4) is 0 Å². The van der Waals surface area contributed by atoms with Crippen molar-refractivity contribution >= 4 is 22.2 Å². The first-order valence-electron chi connectivity index (χ1n) is 5.56. The van der Waals surface area contributed by atoms with Crippen molar-refractivity contribution in [2.24, 2.45) is 0 Å². The number of nitrogens with one attached hydrogen (secondary N) is 2. The fraction of sp³-hybridized carbons (Fsp3) is 0. The van der Waals surface area contributed by atoms with E-state index in [-0.39, 0.29) is 0 Å². The molecule has 0 unspecified atom stereocenters. The Balaban J connectivity index is 0.000000111. The lowest BCUT2D eigenvalue weighted by Gasteiger charge is -1.81. The summed E-state index contributed by atoms with van der Waals surface area (Å²) in [5.74, 6) is 0. The van der Waals surface area contributed by atoms with Crippen molar-refractivity contribution < 1.29 is 0 Å². The van der Waals surface area contributed by atoms with E-state index >= 15 is 0 Å². The number of nitrogens with zero attached hydrogens (tertiary/aromatic N) is 3. The van der Waals surface area contributed by atoms with Crippen LogP contribution in [0.4, 0.5) is 0 Å². The molecule has 4 aromatic rings. The van der Waals surface area contributed by atoms with Crippen molar-refractivity contribution in [3.05, 3.63) is 55.2 Å². The highest BCUT2D eigenvalue weighted by Crippen LogP contribution is 2.05. The van der Waals surface area contributed by atoms with Crippen LogP contribution in [0.15, 0.2) is 55.2 Å². The number of hydrogen-bond donors (Lipinski definition) is 2. The maximum atomic E-state index is 4.06. The average molecular weight is 237 g/mol. The van der Waals surface area contributed by atoms with Crippen molar-refractivity contribution in [3.63, 3.8) is 0 Å². The predicted octanol–water partition coefficient (Wildman–Crippen LogP) is 2.52. The molecule has 2 N–H and O–H groups in total. The monoisotopic (exact) mass is 237 g/mol. The molecule has 4 rings (SSSR count). The Morgan fingerprint density at radius 1 is 0.722 bits per heavy atom. The van der Waals surface area contributed by atoms with E-state index in [0.29, 0.717) is 0 Å². The zero-order valence-corrected chi connectivity index (χ0v) is 9.54. The predicted molar refractivity (Wildman–Crippen MR) is 70.0 cm³/mol. The van der Waals surface area contributed by atoms with Gasteiger partial charge >= 0.3 is 0 Å². The van der Waals surface area contributed by atoms with Crippen molar-refractivity contribution in [1.82, 2.24) is 24.9 Å². The maximum Gasteiger partial charge on any atom is 0.177 e. The van der Waals surface area contributed by atoms with E-state index in [1.807, 2.05) is 36.4 Å². The number of aromatic amines is 2. The molecule has 0 radical (unpaired) electrons. The SMILES string of the molecule is c1ccc2[nH]cnc2c1.c1cnc2nc[nH]c2c1. The van der Waals surface area contributed by atoms with E-state index < -0.39 is 0 Å². The Morgan fingerprint density at radius 3 is 2.39 bits per heavy atom. The molecule has 0 saturated carbocycles. The fourth-order valence-corrected chi connectivity index (χ4v) is 1.66. The van der Waals surface area contributed by atoms with Crippen LogP contribution < -0.4 is 0 Å². The summed E-state index contributed by atoms with van der Waals surface area (Å²) in [6.07, 6.45) is 5.06. The van der Waals surface area contributed by atoms with Gasteiger partial charge in [0.25, 0.3) is 0 Å². The molecular weight excluding hydrogens is 226 g/mol. The minimum atomic E-state index is 0.775. The van der Waals surface area contributed by atoms with Gasteiger partial charge in [0.2, 0.25) is 0 Å². The first kappa shape index (κ1) is 10.5. The lowest BCUT2D eigenvalue weighted by atomic mass is 10.3. The first-order valence-corrected chi connectivity index (χ1v) is 5.56. The number of hydrogen-bond acceptors (Lipinski definition) is 3. The normalized spacial score (nSPS) is 10.2. The third-order valence-corrected chi connectivity index (χ3v) is 2.52. The molecule has 0 bridgehead atoms. The Kier molecular flexibility index (Phi) is 2.71. The topological polar surface area (TPSA) is 70.2 Å². The van der Waals surface area contributed by atoms with E-state index in [9.17, 15) is 0 Å². The van der Waals surface area contributed by atoms with Gasteiger partial charge in [-0.25, -0.2) is 15.0 Å². The Labute approximate surface area is 103 Å². The Bertz CT molecular complexity index is 629. The molecule has 3 aromatic heterocycles. The van der Waals surface area contributed by atoms with Gasteiger partial charge in [-0.1, -0.05) is 12.1 Å². The van der Waals surface area contributed by atoms with E-state index in [1.54, 1.807) is 18.9 Å². The zero-order chi connectivity index (χ0) is 12.2. The van der Waals surface area contributed by atoms with Crippen LogP contribution in [-0.2, 0) is 0 Å². The molecule has 5 heteroatoms. The van der Waals surface area contributed by atoms with Gasteiger partial charge in [-0.2, -0.15) is 0 Å². The number of para-hydroxylation sites is 2. The van der Waals surface area contributed by atoms with E-state index in [1.165, 1.54) is 0 Å². The standard InChI is InChI=1S/C7H6N2.C6H5N3/c1-2-4-7-6(3-1)8-5-9-7;1-2-5-6(7-3-1)9-4-8-5/h1-5H,(H,8,9);1-4H,(H,7,8,9). The molecule has 0 aliphatic rings.